The van der Waals surface area contributed by atoms with Crippen LogP contribution in [0, 0.1) is 0 Å². The van der Waals surface area contributed by atoms with Crippen molar-refractivity contribution in [2.45, 2.75) is 131 Å². The molecule has 0 aliphatic rings. The fourth-order valence-corrected chi connectivity index (χ4v) is 6.64. The van der Waals surface area contributed by atoms with E-state index in [1.54, 1.807) is 0 Å². The molecule has 0 heterocycles. The van der Waals surface area contributed by atoms with Crippen molar-refractivity contribution >= 4 is 8.60 Å². The maximum atomic E-state index is 10.2. The molecular formula is C38H55O3P. The summed E-state index contributed by atoms with van der Waals surface area (Å²) in [6.07, 6.45) is 0. The van der Waals surface area contributed by atoms with Gasteiger partial charge in [-0.05, 0) is 77.6 Å². The SMILES string of the molecule is CC(C)(C)c1ccc(OP(O)O)c(-c2cccc(C(C)(C)C)c2C(C)(C)C)c1-c1cccc(C(C)(C)C)c1C(C)(C)C. The molecular weight excluding hydrogens is 535 g/mol. The molecule has 3 aromatic rings. The zero-order chi connectivity index (χ0) is 32.2. The Hall–Kier alpha value is -2.19. The van der Waals surface area contributed by atoms with E-state index in [4.69, 9.17) is 4.52 Å². The number of hydrogen-bond donors (Lipinski definition) is 2. The second-order valence-electron chi connectivity index (χ2n) is 16.9. The van der Waals surface area contributed by atoms with Crippen LogP contribution in [0.5, 0.6) is 5.75 Å². The second-order valence-corrected chi connectivity index (χ2v) is 17.6. The van der Waals surface area contributed by atoms with Crippen LogP contribution in [-0.4, -0.2) is 9.79 Å². The molecule has 42 heavy (non-hydrogen) atoms. The first kappa shape index (κ1) is 34.3. The van der Waals surface area contributed by atoms with Crippen molar-refractivity contribution < 1.29 is 14.3 Å². The van der Waals surface area contributed by atoms with E-state index in [2.05, 4.69) is 146 Å². The minimum Gasteiger partial charge on any atom is -0.426 e. The Balaban J connectivity index is 2.78. The zero-order valence-electron chi connectivity index (χ0n) is 28.9. The molecule has 0 unspecified atom stereocenters. The molecule has 4 heteroatoms. The van der Waals surface area contributed by atoms with Gasteiger partial charge in [-0.15, -0.1) is 0 Å². The Morgan fingerprint density at radius 3 is 1.17 bits per heavy atom. The van der Waals surface area contributed by atoms with Crippen LogP contribution in [0.3, 0.4) is 0 Å². The van der Waals surface area contributed by atoms with Crippen molar-refractivity contribution in [1.29, 1.82) is 0 Å². The molecule has 0 fully saturated rings. The molecule has 230 valence electrons. The number of rotatable bonds is 4. The molecule has 0 aliphatic heterocycles. The van der Waals surface area contributed by atoms with Crippen molar-refractivity contribution in [2.24, 2.45) is 0 Å². The Kier molecular flexibility index (Phi) is 9.30. The number of benzene rings is 3. The molecule has 0 spiro atoms. The van der Waals surface area contributed by atoms with Gasteiger partial charge in [-0.1, -0.05) is 146 Å². The molecule has 0 atom stereocenters. The molecule has 0 aliphatic carbocycles. The topological polar surface area (TPSA) is 49.7 Å². The van der Waals surface area contributed by atoms with Gasteiger partial charge >= 0.3 is 8.60 Å². The quantitative estimate of drug-likeness (QED) is 0.297. The van der Waals surface area contributed by atoms with Gasteiger partial charge in [0, 0.05) is 5.56 Å². The van der Waals surface area contributed by atoms with E-state index in [0.717, 1.165) is 16.7 Å². The summed E-state index contributed by atoms with van der Waals surface area (Å²) in [4.78, 5) is 20.4. The predicted molar refractivity (Wildman–Crippen MR) is 183 cm³/mol. The third kappa shape index (κ3) is 7.12. The molecule has 0 aromatic heterocycles. The molecule has 2 N–H and O–H groups in total. The van der Waals surface area contributed by atoms with Crippen LogP contribution in [0.2, 0.25) is 0 Å². The summed E-state index contributed by atoms with van der Waals surface area (Å²) >= 11 is 0. The molecule has 3 aromatic carbocycles. The summed E-state index contributed by atoms with van der Waals surface area (Å²) in [5.74, 6) is 0.492. The maximum absolute atomic E-state index is 10.2. The second kappa shape index (κ2) is 11.4. The van der Waals surface area contributed by atoms with Crippen molar-refractivity contribution in [1.82, 2.24) is 0 Å². The van der Waals surface area contributed by atoms with Crippen LogP contribution in [0.4, 0.5) is 0 Å². The Labute approximate surface area is 257 Å². The fraction of sp³-hybridized carbons (Fsp3) is 0.526. The summed E-state index contributed by atoms with van der Waals surface area (Å²) in [5, 5.41) is 0. The van der Waals surface area contributed by atoms with Crippen LogP contribution < -0.4 is 4.52 Å². The first-order chi connectivity index (χ1) is 18.9. The average molecular weight is 591 g/mol. The van der Waals surface area contributed by atoms with Gasteiger partial charge in [-0.25, -0.2) is 0 Å². The van der Waals surface area contributed by atoms with Crippen LogP contribution in [0.15, 0.2) is 48.5 Å². The maximum Gasteiger partial charge on any atom is 0.391 e. The molecule has 3 rings (SSSR count). The first-order valence-electron chi connectivity index (χ1n) is 15.2. The molecule has 3 nitrogen and oxygen atoms in total. The van der Waals surface area contributed by atoms with E-state index >= 15 is 0 Å². The minimum atomic E-state index is -2.63. The fourth-order valence-electron chi connectivity index (χ4n) is 6.31. The Morgan fingerprint density at radius 2 is 0.833 bits per heavy atom. The van der Waals surface area contributed by atoms with Gasteiger partial charge in [-0.2, -0.15) is 0 Å². The lowest BCUT2D eigenvalue weighted by Crippen LogP contribution is -2.25. The van der Waals surface area contributed by atoms with E-state index in [1.807, 2.05) is 6.07 Å². The van der Waals surface area contributed by atoms with E-state index in [9.17, 15) is 9.79 Å². The van der Waals surface area contributed by atoms with Crippen LogP contribution in [0.25, 0.3) is 22.3 Å². The molecule has 0 amide bonds. The third-order valence-electron chi connectivity index (χ3n) is 7.94. The van der Waals surface area contributed by atoms with E-state index in [-0.39, 0.29) is 27.1 Å². The van der Waals surface area contributed by atoms with E-state index in [1.165, 1.54) is 33.4 Å². The van der Waals surface area contributed by atoms with Crippen molar-refractivity contribution in [3.05, 3.63) is 76.3 Å². The van der Waals surface area contributed by atoms with Gasteiger partial charge in [0.05, 0.1) is 0 Å². The van der Waals surface area contributed by atoms with Gasteiger partial charge in [-0.3, -0.25) is 0 Å². The van der Waals surface area contributed by atoms with Gasteiger partial charge in [0.2, 0.25) is 0 Å². The van der Waals surface area contributed by atoms with Crippen molar-refractivity contribution in [2.75, 3.05) is 0 Å². The summed E-state index contributed by atoms with van der Waals surface area (Å²) in [7, 11) is -2.63. The van der Waals surface area contributed by atoms with Gasteiger partial charge in [0.15, 0.2) is 0 Å². The average Bonchev–Trinajstić information content (AvgIpc) is 2.79. The summed E-state index contributed by atoms with van der Waals surface area (Å²) in [5.41, 5.74) is 9.92. The van der Waals surface area contributed by atoms with Crippen LogP contribution in [0.1, 0.15) is 132 Å². The largest absolute Gasteiger partial charge is 0.426 e. The summed E-state index contributed by atoms with van der Waals surface area (Å²) in [6, 6.07) is 17.3. The smallest absolute Gasteiger partial charge is 0.391 e. The number of hydrogen-bond acceptors (Lipinski definition) is 3. The van der Waals surface area contributed by atoms with Crippen molar-refractivity contribution in [3.8, 4) is 28.0 Å². The summed E-state index contributed by atoms with van der Waals surface area (Å²) < 4.78 is 5.92. The molecule has 0 bridgehead atoms. The van der Waals surface area contributed by atoms with Crippen LogP contribution >= 0.6 is 8.60 Å². The highest BCUT2D eigenvalue weighted by Crippen LogP contribution is 2.53. The van der Waals surface area contributed by atoms with Gasteiger partial charge in [0.25, 0.3) is 0 Å². The summed E-state index contributed by atoms with van der Waals surface area (Å²) in [6.45, 7) is 34.0. The Bertz CT molecular complexity index is 1430. The van der Waals surface area contributed by atoms with Gasteiger partial charge < -0.3 is 14.3 Å². The first-order valence-corrected chi connectivity index (χ1v) is 16.4. The zero-order valence-corrected chi connectivity index (χ0v) is 29.8. The standard InChI is InChI=1S/C38H55O3P/c1-34(2,3)26-22-23-29(41-42(39)40)31(25-19-17-21-28(36(7,8)9)33(25)38(13,14)15)30(26)24-18-16-20-27(35(4,5)6)32(24)37(10,11)12/h16-23,39-40H,1-15H3. The normalized spacial score (nSPS) is 13.6. The lowest BCUT2D eigenvalue weighted by Gasteiger charge is -2.36. The monoisotopic (exact) mass is 590 g/mol. The van der Waals surface area contributed by atoms with E-state index < -0.39 is 8.60 Å². The predicted octanol–water partition coefficient (Wildman–Crippen LogP) is 11.1. The highest BCUT2D eigenvalue weighted by molar-refractivity contribution is 7.39. The Morgan fingerprint density at radius 1 is 0.452 bits per heavy atom. The molecule has 0 saturated heterocycles. The van der Waals surface area contributed by atoms with Crippen LogP contribution in [-0.2, 0) is 27.1 Å². The van der Waals surface area contributed by atoms with E-state index in [0.29, 0.717) is 5.75 Å². The molecule has 0 saturated carbocycles. The molecule has 0 radical (unpaired) electrons. The minimum absolute atomic E-state index is 0.0674. The lowest BCUT2D eigenvalue weighted by atomic mass is 9.68. The van der Waals surface area contributed by atoms with Crippen molar-refractivity contribution in [3.63, 3.8) is 0 Å². The highest BCUT2D eigenvalue weighted by Gasteiger charge is 2.35. The lowest BCUT2D eigenvalue weighted by molar-refractivity contribution is 0.375. The van der Waals surface area contributed by atoms with Gasteiger partial charge in [0.1, 0.15) is 5.75 Å². The highest BCUT2D eigenvalue weighted by atomic mass is 31.2. The third-order valence-corrected chi connectivity index (χ3v) is 8.30.